The molecule has 2 rings (SSSR count). The lowest BCUT2D eigenvalue weighted by Crippen LogP contribution is -2.23. The highest BCUT2D eigenvalue weighted by atomic mass is 35.5. The lowest BCUT2D eigenvalue weighted by Gasteiger charge is -2.04. The van der Waals surface area contributed by atoms with Crippen molar-refractivity contribution in [3.05, 3.63) is 58.4 Å². The Bertz CT molecular complexity index is 668. The predicted molar refractivity (Wildman–Crippen MR) is 77.4 cm³/mol. The molecule has 0 saturated heterocycles. The van der Waals surface area contributed by atoms with Crippen molar-refractivity contribution in [1.82, 2.24) is 10.3 Å². The van der Waals surface area contributed by atoms with Gasteiger partial charge < -0.3 is 15.4 Å². The summed E-state index contributed by atoms with van der Waals surface area (Å²) in [5.41, 5.74) is 2.15. The third kappa shape index (κ3) is 3.89. The highest BCUT2D eigenvalue weighted by Gasteiger charge is 2.07. The minimum absolute atomic E-state index is 0.172. The average Bonchev–Trinajstić information content (AvgIpc) is 2.90. The van der Waals surface area contributed by atoms with Crippen LogP contribution in [0.2, 0.25) is 5.02 Å². The fourth-order valence-electron chi connectivity index (χ4n) is 1.68. The Balaban J connectivity index is 1.98. The first-order chi connectivity index (χ1) is 9.69. The Morgan fingerprint density at radius 2 is 2.25 bits per heavy atom. The summed E-state index contributed by atoms with van der Waals surface area (Å²) in [5.74, 6) is 5.19. The number of aromatic nitrogens is 1. The molecule has 0 bridgehead atoms. The lowest BCUT2D eigenvalue weighted by molar-refractivity contribution is 0.0946. The van der Waals surface area contributed by atoms with E-state index in [4.69, 9.17) is 16.7 Å². The smallest absolute Gasteiger partial charge is 0.268 e. The van der Waals surface area contributed by atoms with E-state index in [-0.39, 0.29) is 12.5 Å². The molecule has 0 unspecified atom stereocenters. The van der Waals surface area contributed by atoms with Gasteiger partial charge in [0.2, 0.25) is 0 Å². The van der Waals surface area contributed by atoms with Crippen molar-refractivity contribution in [3.8, 4) is 11.8 Å². The van der Waals surface area contributed by atoms with E-state index in [1.165, 1.54) is 0 Å². The van der Waals surface area contributed by atoms with Crippen molar-refractivity contribution < 1.29 is 9.90 Å². The number of amides is 1. The zero-order valence-electron chi connectivity index (χ0n) is 10.6. The molecule has 4 nitrogen and oxygen atoms in total. The third-order valence-corrected chi connectivity index (χ3v) is 2.80. The number of nitrogens with one attached hydrogen (secondary N) is 2. The van der Waals surface area contributed by atoms with Crippen molar-refractivity contribution in [2.24, 2.45) is 0 Å². The maximum Gasteiger partial charge on any atom is 0.268 e. The van der Waals surface area contributed by atoms with Gasteiger partial charge in [0.15, 0.2) is 0 Å². The fourth-order valence-corrected chi connectivity index (χ4v) is 1.84. The van der Waals surface area contributed by atoms with Crippen LogP contribution in [0, 0.1) is 11.8 Å². The Morgan fingerprint density at radius 3 is 2.95 bits per heavy atom. The molecule has 20 heavy (non-hydrogen) atoms. The molecule has 0 spiro atoms. The fraction of sp³-hybridized carbons (Fsp3) is 0.133. The number of benzene rings is 1. The zero-order chi connectivity index (χ0) is 14.4. The maximum absolute atomic E-state index is 11.8. The Labute approximate surface area is 121 Å². The van der Waals surface area contributed by atoms with Gasteiger partial charge in [-0.15, -0.1) is 0 Å². The van der Waals surface area contributed by atoms with Crippen LogP contribution in [-0.2, 0) is 6.54 Å². The molecule has 0 saturated carbocycles. The van der Waals surface area contributed by atoms with Gasteiger partial charge in [0.1, 0.15) is 12.3 Å². The summed E-state index contributed by atoms with van der Waals surface area (Å²) in [6.45, 7) is 0.221. The second-order valence-electron chi connectivity index (χ2n) is 4.07. The monoisotopic (exact) mass is 288 g/mol. The van der Waals surface area contributed by atoms with E-state index >= 15 is 0 Å². The minimum atomic E-state index is -0.219. The molecular formula is C15H13ClN2O2. The molecule has 1 heterocycles. The first-order valence-corrected chi connectivity index (χ1v) is 6.37. The standard InChI is InChI=1S/C15H13ClN2O2/c16-13-8-14(17-10-13)15(20)18-9-12-4-1-3-11(7-12)5-2-6-19/h1,3-4,7-8,10,17,19H,6,9H2,(H,18,20). The van der Waals surface area contributed by atoms with Gasteiger partial charge in [0.25, 0.3) is 5.91 Å². The van der Waals surface area contributed by atoms with Crippen molar-refractivity contribution in [2.75, 3.05) is 6.61 Å². The lowest BCUT2D eigenvalue weighted by atomic mass is 10.1. The molecule has 0 atom stereocenters. The number of H-pyrrole nitrogens is 1. The summed E-state index contributed by atoms with van der Waals surface area (Å²) in [7, 11) is 0. The van der Waals surface area contributed by atoms with Crippen LogP contribution in [0.1, 0.15) is 21.6 Å². The largest absolute Gasteiger partial charge is 0.384 e. The van der Waals surface area contributed by atoms with E-state index < -0.39 is 0 Å². The molecule has 1 aromatic heterocycles. The van der Waals surface area contributed by atoms with E-state index in [2.05, 4.69) is 22.1 Å². The normalized spacial score (nSPS) is 9.70. The summed E-state index contributed by atoms with van der Waals surface area (Å²) in [5, 5.41) is 11.9. The van der Waals surface area contributed by atoms with Gasteiger partial charge in [-0.3, -0.25) is 4.79 Å². The van der Waals surface area contributed by atoms with Gasteiger partial charge in [-0.25, -0.2) is 0 Å². The van der Waals surface area contributed by atoms with E-state index in [0.717, 1.165) is 11.1 Å². The van der Waals surface area contributed by atoms with Gasteiger partial charge in [-0.1, -0.05) is 35.6 Å². The molecular weight excluding hydrogens is 276 g/mol. The molecule has 3 N–H and O–H groups in total. The highest BCUT2D eigenvalue weighted by Crippen LogP contribution is 2.09. The molecule has 0 aliphatic rings. The first kappa shape index (κ1) is 14.2. The predicted octanol–water partition coefficient (Wildman–Crippen LogP) is 1.94. The second-order valence-corrected chi connectivity index (χ2v) is 4.51. The van der Waals surface area contributed by atoms with Crippen LogP contribution < -0.4 is 5.32 Å². The number of rotatable bonds is 3. The van der Waals surface area contributed by atoms with Crippen LogP contribution >= 0.6 is 11.6 Å². The summed E-state index contributed by atoms with van der Waals surface area (Å²) in [4.78, 5) is 14.6. The number of aliphatic hydroxyl groups is 1. The number of hydrogen-bond donors (Lipinski definition) is 3. The summed E-state index contributed by atoms with van der Waals surface area (Å²) >= 11 is 5.74. The van der Waals surface area contributed by atoms with Crippen LogP contribution in [-0.4, -0.2) is 22.6 Å². The van der Waals surface area contributed by atoms with E-state index in [1.807, 2.05) is 24.3 Å². The first-order valence-electron chi connectivity index (χ1n) is 6.00. The topological polar surface area (TPSA) is 65.1 Å². The van der Waals surface area contributed by atoms with Crippen molar-refractivity contribution in [1.29, 1.82) is 0 Å². The Morgan fingerprint density at radius 1 is 1.40 bits per heavy atom. The Kier molecular flexibility index (Phi) is 4.83. The van der Waals surface area contributed by atoms with Crippen LogP contribution in [0.15, 0.2) is 36.5 Å². The highest BCUT2D eigenvalue weighted by molar-refractivity contribution is 6.30. The molecule has 1 aromatic carbocycles. The number of carbonyl (C=O) groups is 1. The molecule has 5 heteroatoms. The van der Waals surface area contributed by atoms with E-state index in [9.17, 15) is 4.79 Å². The SMILES string of the molecule is O=C(NCc1cccc(C#CCO)c1)c1cc(Cl)c[nH]1. The van der Waals surface area contributed by atoms with Crippen molar-refractivity contribution >= 4 is 17.5 Å². The van der Waals surface area contributed by atoms with Gasteiger partial charge in [0, 0.05) is 18.3 Å². The van der Waals surface area contributed by atoms with Gasteiger partial charge in [-0.2, -0.15) is 0 Å². The second kappa shape index (κ2) is 6.80. The van der Waals surface area contributed by atoms with Crippen LogP contribution in [0.3, 0.4) is 0 Å². The average molecular weight is 289 g/mol. The van der Waals surface area contributed by atoms with Gasteiger partial charge >= 0.3 is 0 Å². The molecule has 102 valence electrons. The van der Waals surface area contributed by atoms with Crippen molar-refractivity contribution in [2.45, 2.75) is 6.54 Å². The van der Waals surface area contributed by atoms with Crippen LogP contribution in [0.4, 0.5) is 0 Å². The van der Waals surface area contributed by atoms with Gasteiger partial charge in [-0.05, 0) is 23.8 Å². The van der Waals surface area contributed by atoms with Gasteiger partial charge in [0.05, 0.1) is 5.02 Å². The van der Waals surface area contributed by atoms with Crippen molar-refractivity contribution in [3.63, 3.8) is 0 Å². The molecule has 0 radical (unpaired) electrons. The third-order valence-electron chi connectivity index (χ3n) is 2.58. The number of carbonyl (C=O) groups excluding carboxylic acids is 1. The number of hydrogen-bond acceptors (Lipinski definition) is 2. The summed E-state index contributed by atoms with van der Waals surface area (Å²) in [6.07, 6.45) is 1.56. The summed E-state index contributed by atoms with van der Waals surface area (Å²) < 4.78 is 0. The maximum atomic E-state index is 11.8. The Hall–Kier alpha value is -2.22. The minimum Gasteiger partial charge on any atom is -0.384 e. The molecule has 0 aliphatic carbocycles. The van der Waals surface area contributed by atoms with Crippen LogP contribution in [0.5, 0.6) is 0 Å². The zero-order valence-corrected chi connectivity index (χ0v) is 11.4. The number of aromatic amines is 1. The van der Waals surface area contributed by atoms with E-state index in [1.54, 1.807) is 12.3 Å². The molecule has 2 aromatic rings. The molecule has 0 fully saturated rings. The van der Waals surface area contributed by atoms with Crippen LogP contribution in [0.25, 0.3) is 0 Å². The number of halogens is 1. The summed E-state index contributed by atoms with van der Waals surface area (Å²) in [6, 6.07) is 9.03. The van der Waals surface area contributed by atoms with E-state index in [0.29, 0.717) is 17.3 Å². The quantitative estimate of drug-likeness (QED) is 0.756. The molecule has 1 amide bonds. The number of aliphatic hydroxyl groups excluding tert-OH is 1. The molecule has 0 aliphatic heterocycles.